The lowest BCUT2D eigenvalue weighted by atomic mass is 9.94. The van der Waals surface area contributed by atoms with Crippen LogP contribution in [0.1, 0.15) is 68.3 Å². The average Bonchev–Trinajstić information content (AvgIpc) is 3.22. The summed E-state index contributed by atoms with van der Waals surface area (Å²) >= 11 is 1.66. The highest BCUT2D eigenvalue weighted by Crippen LogP contribution is 2.26. The summed E-state index contributed by atoms with van der Waals surface area (Å²) in [6.45, 7) is 6.20. The Kier molecular flexibility index (Phi) is 5.84. The number of hydrogen-bond acceptors (Lipinski definition) is 6. The van der Waals surface area contributed by atoms with Gasteiger partial charge in [-0.1, -0.05) is 37.5 Å². The van der Waals surface area contributed by atoms with Gasteiger partial charge in [-0.2, -0.15) is 5.10 Å². The van der Waals surface area contributed by atoms with Gasteiger partial charge in [-0.3, -0.25) is 9.58 Å². The molecule has 0 radical (unpaired) electrons. The Hall–Kier alpha value is -1.47. The van der Waals surface area contributed by atoms with E-state index >= 15 is 0 Å². The lowest BCUT2D eigenvalue weighted by Crippen LogP contribution is -2.36. The lowest BCUT2D eigenvalue weighted by Gasteiger charge is -2.33. The molecule has 0 amide bonds. The Labute approximate surface area is 160 Å². The van der Waals surface area contributed by atoms with E-state index in [1.165, 1.54) is 50.8 Å². The summed E-state index contributed by atoms with van der Waals surface area (Å²) in [5.74, 6) is 0. The number of nitrogens with zero attached hydrogens (tertiary/aromatic N) is 5. The summed E-state index contributed by atoms with van der Waals surface area (Å²) in [5.41, 5.74) is 2.48. The molecule has 1 saturated carbocycles. The second-order valence-corrected chi connectivity index (χ2v) is 8.63. The van der Waals surface area contributed by atoms with Crippen LogP contribution in [0.25, 0.3) is 0 Å². The van der Waals surface area contributed by atoms with Gasteiger partial charge in [0.2, 0.25) is 5.13 Å². The van der Waals surface area contributed by atoms with E-state index < -0.39 is 0 Å². The molecule has 26 heavy (non-hydrogen) atoms. The largest absolute Gasteiger partial charge is 0.354 e. The molecule has 1 aliphatic heterocycles. The van der Waals surface area contributed by atoms with Gasteiger partial charge in [0, 0.05) is 32.1 Å². The Balaban J connectivity index is 1.37. The minimum Gasteiger partial charge on any atom is -0.354 e. The highest BCUT2D eigenvalue weighted by molar-refractivity contribution is 7.15. The predicted octanol–water partition coefficient (Wildman–Crippen LogP) is 3.84. The molecule has 2 aliphatic rings. The van der Waals surface area contributed by atoms with Gasteiger partial charge < -0.3 is 5.32 Å². The number of anilines is 1. The second kappa shape index (κ2) is 8.48. The average molecular weight is 375 g/mol. The van der Waals surface area contributed by atoms with E-state index in [9.17, 15) is 0 Å². The van der Waals surface area contributed by atoms with Crippen molar-refractivity contribution in [3.63, 3.8) is 0 Å². The van der Waals surface area contributed by atoms with Gasteiger partial charge in [0.1, 0.15) is 5.01 Å². The van der Waals surface area contributed by atoms with Crippen LogP contribution < -0.4 is 5.32 Å². The molecule has 3 heterocycles. The maximum absolute atomic E-state index is 4.83. The molecule has 0 bridgehead atoms. The van der Waals surface area contributed by atoms with Crippen LogP contribution in [-0.4, -0.2) is 37.5 Å². The summed E-state index contributed by atoms with van der Waals surface area (Å²) in [4.78, 5) is 2.71. The van der Waals surface area contributed by atoms with E-state index in [0.717, 1.165) is 54.4 Å². The highest BCUT2D eigenvalue weighted by atomic mass is 32.1. The third kappa shape index (κ3) is 4.26. The number of fused-ring (bicyclic) bond motifs is 1. The molecule has 0 saturated heterocycles. The first kappa shape index (κ1) is 17.9. The lowest BCUT2D eigenvalue weighted by molar-refractivity contribution is 0.150. The first-order valence-electron chi connectivity index (χ1n) is 10.2. The first-order valence-corrected chi connectivity index (χ1v) is 11.0. The van der Waals surface area contributed by atoms with Gasteiger partial charge in [0.25, 0.3) is 0 Å². The number of nitrogens with one attached hydrogen (secondary N) is 1. The van der Waals surface area contributed by atoms with Crippen molar-refractivity contribution in [1.82, 2.24) is 24.9 Å². The maximum Gasteiger partial charge on any atom is 0.205 e. The Bertz CT molecular complexity index is 703. The summed E-state index contributed by atoms with van der Waals surface area (Å²) in [7, 11) is 0. The van der Waals surface area contributed by atoms with E-state index in [-0.39, 0.29) is 0 Å². The first-order chi connectivity index (χ1) is 12.8. The molecular weight excluding hydrogens is 344 g/mol. The van der Waals surface area contributed by atoms with E-state index in [1.54, 1.807) is 11.3 Å². The van der Waals surface area contributed by atoms with Crippen molar-refractivity contribution >= 4 is 16.5 Å². The second-order valence-electron chi connectivity index (χ2n) is 7.57. The zero-order valence-electron chi connectivity index (χ0n) is 15.8. The van der Waals surface area contributed by atoms with Crippen molar-refractivity contribution in [3.05, 3.63) is 22.5 Å². The van der Waals surface area contributed by atoms with E-state index in [1.807, 2.05) is 0 Å². The van der Waals surface area contributed by atoms with Crippen molar-refractivity contribution < 1.29 is 0 Å². The molecule has 1 fully saturated rings. The molecule has 1 N–H and O–H groups in total. The third-order valence-electron chi connectivity index (χ3n) is 5.54. The minimum absolute atomic E-state index is 0.726. The van der Waals surface area contributed by atoms with Gasteiger partial charge >= 0.3 is 0 Å². The van der Waals surface area contributed by atoms with Gasteiger partial charge in [-0.15, -0.1) is 10.2 Å². The van der Waals surface area contributed by atoms with Crippen LogP contribution >= 0.6 is 11.3 Å². The number of hydrogen-bond donors (Lipinski definition) is 1. The molecule has 2 aromatic rings. The molecular formula is C19H30N6S. The van der Waals surface area contributed by atoms with Crippen LogP contribution in [0, 0.1) is 0 Å². The van der Waals surface area contributed by atoms with Crippen molar-refractivity contribution in [2.24, 2.45) is 0 Å². The SMILES string of the molecule is CCCc1nnc(NCc2cc3n(n2)CCCN(C2CCCCC2)C3)s1. The van der Waals surface area contributed by atoms with Crippen LogP contribution in [0.3, 0.4) is 0 Å². The van der Waals surface area contributed by atoms with Crippen LogP contribution in [0.4, 0.5) is 5.13 Å². The normalized spacial score (nSPS) is 19.3. The number of aromatic nitrogens is 4. The fourth-order valence-electron chi connectivity index (χ4n) is 4.20. The van der Waals surface area contributed by atoms with Crippen molar-refractivity contribution in [1.29, 1.82) is 0 Å². The summed E-state index contributed by atoms with van der Waals surface area (Å²) < 4.78 is 2.22. The highest BCUT2D eigenvalue weighted by Gasteiger charge is 2.24. The van der Waals surface area contributed by atoms with Crippen LogP contribution in [-0.2, 0) is 26.1 Å². The quantitative estimate of drug-likeness (QED) is 0.832. The van der Waals surface area contributed by atoms with Gasteiger partial charge in [0.05, 0.1) is 17.9 Å². The molecule has 0 aromatic carbocycles. The molecule has 0 atom stereocenters. The van der Waals surface area contributed by atoms with Crippen LogP contribution in [0.5, 0.6) is 0 Å². The third-order valence-corrected chi connectivity index (χ3v) is 6.48. The van der Waals surface area contributed by atoms with Crippen molar-refractivity contribution in [2.45, 2.75) is 84.0 Å². The molecule has 2 aromatic heterocycles. The summed E-state index contributed by atoms with van der Waals surface area (Å²) in [6.07, 6.45) is 10.3. The van der Waals surface area contributed by atoms with E-state index in [4.69, 9.17) is 5.10 Å². The number of rotatable bonds is 6. The molecule has 0 spiro atoms. The van der Waals surface area contributed by atoms with Crippen LogP contribution in [0.2, 0.25) is 0 Å². The fraction of sp³-hybridized carbons (Fsp3) is 0.737. The van der Waals surface area contributed by atoms with Gasteiger partial charge in [-0.05, 0) is 31.7 Å². The molecule has 0 unspecified atom stereocenters. The summed E-state index contributed by atoms with van der Waals surface area (Å²) in [6, 6.07) is 3.06. The number of aryl methyl sites for hydroxylation is 2. The van der Waals surface area contributed by atoms with Crippen LogP contribution in [0.15, 0.2) is 6.07 Å². The van der Waals surface area contributed by atoms with E-state index in [2.05, 4.69) is 38.1 Å². The molecule has 6 nitrogen and oxygen atoms in total. The predicted molar refractivity (Wildman–Crippen MR) is 105 cm³/mol. The molecule has 1 aliphatic carbocycles. The zero-order valence-corrected chi connectivity index (χ0v) is 16.6. The Morgan fingerprint density at radius 1 is 1.15 bits per heavy atom. The van der Waals surface area contributed by atoms with Gasteiger partial charge in [-0.25, -0.2) is 0 Å². The summed E-state index contributed by atoms with van der Waals surface area (Å²) in [5, 5.41) is 18.7. The standard InChI is InChI=1S/C19H30N6S/c1-2-7-18-21-22-19(26-18)20-13-15-12-17-14-24(10-6-11-25(17)23-15)16-8-4-3-5-9-16/h12,16H,2-11,13-14H2,1H3,(H,20,22). The Morgan fingerprint density at radius 3 is 2.88 bits per heavy atom. The zero-order chi connectivity index (χ0) is 17.8. The topological polar surface area (TPSA) is 58.9 Å². The smallest absolute Gasteiger partial charge is 0.205 e. The fourth-order valence-corrected chi connectivity index (χ4v) is 5.03. The van der Waals surface area contributed by atoms with Gasteiger partial charge in [0.15, 0.2) is 0 Å². The van der Waals surface area contributed by atoms with Crippen molar-refractivity contribution in [3.8, 4) is 0 Å². The molecule has 142 valence electrons. The molecule has 4 rings (SSSR count). The minimum atomic E-state index is 0.726. The maximum atomic E-state index is 4.83. The Morgan fingerprint density at radius 2 is 2.04 bits per heavy atom. The van der Waals surface area contributed by atoms with E-state index in [0.29, 0.717) is 0 Å². The monoisotopic (exact) mass is 374 g/mol. The molecule has 7 heteroatoms. The van der Waals surface area contributed by atoms with Crippen molar-refractivity contribution in [2.75, 3.05) is 11.9 Å².